The molecule has 0 aliphatic rings. The van der Waals surface area contributed by atoms with Crippen LogP contribution < -0.4 is 0 Å². The van der Waals surface area contributed by atoms with Gasteiger partial charge in [-0.2, -0.15) is 5.10 Å². The van der Waals surface area contributed by atoms with Crippen molar-refractivity contribution < 1.29 is 4.79 Å². The van der Waals surface area contributed by atoms with Crippen molar-refractivity contribution in [2.75, 3.05) is 0 Å². The van der Waals surface area contributed by atoms with E-state index in [-0.39, 0.29) is 17.7 Å². The third-order valence-electron chi connectivity index (χ3n) is 1.81. The van der Waals surface area contributed by atoms with Gasteiger partial charge in [-0.25, -0.2) is 9.67 Å². The first-order chi connectivity index (χ1) is 6.04. The molecule has 0 aromatic carbocycles. The van der Waals surface area contributed by atoms with Crippen LogP contribution in [-0.2, 0) is 0 Å². The minimum Gasteiger partial charge on any atom is -0.290 e. The molecule has 0 spiro atoms. The molecule has 1 aromatic rings. The predicted octanol–water partition coefficient (Wildman–Crippen LogP) is 1.70. The zero-order chi connectivity index (χ0) is 10.0. The van der Waals surface area contributed by atoms with Crippen molar-refractivity contribution in [3.8, 4) is 0 Å². The molecule has 0 bridgehead atoms. The molecule has 0 unspecified atom stereocenters. The van der Waals surface area contributed by atoms with E-state index in [1.807, 2.05) is 27.7 Å². The molecule has 4 heteroatoms. The third-order valence-corrected chi connectivity index (χ3v) is 1.81. The first-order valence-electron chi connectivity index (χ1n) is 4.47. The lowest BCUT2D eigenvalue weighted by Gasteiger charge is -2.09. The molecule has 0 radical (unpaired) electrons. The topological polar surface area (TPSA) is 47.8 Å². The minimum atomic E-state index is -0.0262. The highest BCUT2D eigenvalue weighted by Gasteiger charge is 2.18. The number of ketones is 1. The average molecular weight is 181 g/mol. The quantitative estimate of drug-likeness (QED) is 0.667. The molecule has 13 heavy (non-hydrogen) atoms. The molecule has 0 N–H and O–H groups in total. The molecule has 0 atom stereocenters. The van der Waals surface area contributed by atoms with E-state index < -0.39 is 0 Å². The second-order valence-corrected chi connectivity index (χ2v) is 3.64. The van der Waals surface area contributed by atoms with Crippen molar-refractivity contribution >= 4 is 5.78 Å². The molecule has 0 saturated carbocycles. The second-order valence-electron chi connectivity index (χ2n) is 3.64. The molecule has 0 saturated heterocycles. The number of carbonyl (C=O) groups excluding carboxylic acids is 1. The van der Waals surface area contributed by atoms with Crippen LogP contribution in [0, 0.1) is 5.92 Å². The fourth-order valence-electron chi connectivity index (χ4n) is 1.06. The van der Waals surface area contributed by atoms with E-state index in [9.17, 15) is 4.79 Å². The molecule has 1 aromatic heterocycles. The number of Topliss-reactive ketones (excluding diaryl/α,β-unsaturated/α-hetero) is 1. The smallest absolute Gasteiger partial charge is 0.202 e. The van der Waals surface area contributed by atoms with Gasteiger partial charge in [0.25, 0.3) is 0 Å². The summed E-state index contributed by atoms with van der Waals surface area (Å²) in [7, 11) is 0. The van der Waals surface area contributed by atoms with E-state index in [0.29, 0.717) is 5.82 Å². The maximum atomic E-state index is 11.6. The molecule has 0 aliphatic carbocycles. The van der Waals surface area contributed by atoms with Gasteiger partial charge in [0.05, 0.1) is 0 Å². The van der Waals surface area contributed by atoms with Gasteiger partial charge < -0.3 is 0 Å². The number of rotatable bonds is 3. The molecule has 72 valence electrons. The van der Waals surface area contributed by atoms with E-state index in [1.54, 1.807) is 4.68 Å². The molecule has 4 nitrogen and oxygen atoms in total. The summed E-state index contributed by atoms with van der Waals surface area (Å²) in [6, 6.07) is 0.181. The van der Waals surface area contributed by atoms with Gasteiger partial charge in [-0.15, -0.1) is 0 Å². The molecular formula is C9H15N3O. The number of hydrogen-bond donors (Lipinski definition) is 0. The van der Waals surface area contributed by atoms with Gasteiger partial charge in [-0.3, -0.25) is 4.79 Å². The Balaban J connectivity index is 3.01. The first kappa shape index (κ1) is 9.89. The van der Waals surface area contributed by atoms with Gasteiger partial charge in [0.1, 0.15) is 6.33 Å². The zero-order valence-corrected chi connectivity index (χ0v) is 8.48. The highest BCUT2D eigenvalue weighted by molar-refractivity contribution is 5.94. The summed E-state index contributed by atoms with van der Waals surface area (Å²) in [6.45, 7) is 7.68. The lowest BCUT2D eigenvalue weighted by molar-refractivity contribution is 0.0921. The Morgan fingerprint density at radius 3 is 2.46 bits per heavy atom. The Morgan fingerprint density at radius 1 is 1.38 bits per heavy atom. The van der Waals surface area contributed by atoms with Gasteiger partial charge in [0, 0.05) is 12.0 Å². The van der Waals surface area contributed by atoms with Crippen LogP contribution in [-0.4, -0.2) is 20.5 Å². The standard InChI is InChI=1S/C9H15N3O/c1-6(2)8(13)9-10-5-11-12(9)7(3)4/h5-7H,1-4H3. The van der Waals surface area contributed by atoms with Gasteiger partial charge in [-0.1, -0.05) is 13.8 Å². The summed E-state index contributed by atoms with van der Waals surface area (Å²) >= 11 is 0. The van der Waals surface area contributed by atoms with E-state index in [0.717, 1.165) is 0 Å². The van der Waals surface area contributed by atoms with Crippen LogP contribution in [0.25, 0.3) is 0 Å². The van der Waals surface area contributed by atoms with Gasteiger partial charge in [-0.05, 0) is 13.8 Å². The lowest BCUT2D eigenvalue weighted by atomic mass is 10.1. The van der Waals surface area contributed by atoms with E-state index in [2.05, 4.69) is 10.1 Å². The molecule has 1 heterocycles. The van der Waals surface area contributed by atoms with Crippen LogP contribution >= 0.6 is 0 Å². The maximum absolute atomic E-state index is 11.6. The summed E-state index contributed by atoms with van der Waals surface area (Å²) in [4.78, 5) is 15.6. The van der Waals surface area contributed by atoms with Crippen LogP contribution in [0.3, 0.4) is 0 Å². The molecule has 0 fully saturated rings. The van der Waals surface area contributed by atoms with Crippen LogP contribution in [0.4, 0.5) is 0 Å². The van der Waals surface area contributed by atoms with Crippen molar-refractivity contribution in [2.45, 2.75) is 33.7 Å². The summed E-state index contributed by atoms with van der Waals surface area (Å²) in [6.07, 6.45) is 1.43. The largest absolute Gasteiger partial charge is 0.290 e. The van der Waals surface area contributed by atoms with Gasteiger partial charge in [0.15, 0.2) is 5.82 Å². The monoisotopic (exact) mass is 181 g/mol. The lowest BCUT2D eigenvalue weighted by Crippen LogP contribution is -2.17. The van der Waals surface area contributed by atoms with Crippen molar-refractivity contribution in [3.63, 3.8) is 0 Å². The Morgan fingerprint density at radius 2 is 2.00 bits per heavy atom. The highest BCUT2D eigenvalue weighted by atomic mass is 16.1. The maximum Gasteiger partial charge on any atom is 0.202 e. The summed E-state index contributed by atoms with van der Waals surface area (Å²) in [5.41, 5.74) is 0. The summed E-state index contributed by atoms with van der Waals surface area (Å²) in [5, 5.41) is 4.00. The van der Waals surface area contributed by atoms with Crippen molar-refractivity contribution in [1.82, 2.24) is 14.8 Å². The Kier molecular flexibility index (Phi) is 2.80. The predicted molar refractivity (Wildman–Crippen MR) is 49.6 cm³/mol. The van der Waals surface area contributed by atoms with Crippen LogP contribution in [0.1, 0.15) is 44.4 Å². The minimum absolute atomic E-state index is 0.0262. The molecule has 0 aliphatic heterocycles. The number of carbonyl (C=O) groups is 1. The fourth-order valence-corrected chi connectivity index (χ4v) is 1.06. The number of aromatic nitrogens is 3. The van der Waals surface area contributed by atoms with Crippen LogP contribution in [0.2, 0.25) is 0 Å². The fraction of sp³-hybridized carbons (Fsp3) is 0.667. The van der Waals surface area contributed by atoms with Crippen molar-refractivity contribution in [3.05, 3.63) is 12.2 Å². The van der Waals surface area contributed by atoms with Crippen LogP contribution in [0.15, 0.2) is 6.33 Å². The zero-order valence-electron chi connectivity index (χ0n) is 8.48. The van der Waals surface area contributed by atoms with Gasteiger partial charge in [0.2, 0.25) is 5.78 Å². The highest BCUT2D eigenvalue weighted by Crippen LogP contribution is 2.09. The summed E-state index contributed by atoms with van der Waals surface area (Å²) < 4.78 is 1.66. The average Bonchev–Trinajstić information content (AvgIpc) is 2.50. The number of nitrogens with zero attached hydrogens (tertiary/aromatic N) is 3. The van der Waals surface area contributed by atoms with E-state index in [1.165, 1.54) is 6.33 Å². The Hall–Kier alpha value is -1.19. The molecule has 1 rings (SSSR count). The Labute approximate surface area is 78.0 Å². The van der Waals surface area contributed by atoms with Crippen LogP contribution in [0.5, 0.6) is 0 Å². The number of hydrogen-bond acceptors (Lipinski definition) is 3. The molecular weight excluding hydrogens is 166 g/mol. The van der Waals surface area contributed by atoms with Gasteiger partial charge >= 0.3 is 0 Å². The third kappa shape index (κ3) is 1.94. The van der Waals surface area contributed by atoms with Crippen molar-refractivity contribution in [1.29, 1.82) is 0 Å². The SMILES string of the molecule is CC(C)C(=O)c1ncnn1C(C)C. The normalized spacial score (nSPS) is 11.2. The van der Waals surface area contributed by atoms with Crippen molar-refractivity contribution in [2.24, 2.45) is 5.92 Å². The van der Waals surface area contributed by atoms with E-state index in [4.69, 9.17) is 0 Å². The first-order valence-corrected chi connectivity index (χ1v) is 4.47. The Bertz CT molecular complexity index is 302. The molecule has 0 amide bonds. The van der Waals surface area contributed by atoms with E-state index >= 15 is 0 Å². The second kappa shape index (κ2) is 3.68. The summed E-state index contributed by atoms with van der Waals surface area (Å²) in [5.74, 6) is 0.484.